The molecule has 0 atom stereocenters. The molecule has 0 unspecified atom stereocenters. The number of nitrogens with one attached hydrogen (secondary N) is 1. The average Bonchev–Trinajstić information content (AvgIpc) is 2.16. The highest BCUT2D eigenvalue weighted by molar-refractivity contribution is 7.71. The van der Waals surface area contributed by atoms with Gasteiger partial charge in [-0.25, -0.2) is 4.79 Å². The van der Waals surface area contributed by atoms with Gasteiger partial charge in [0, 0.05) is 19.3 Å². The quantitative estimate of drug-likeness (QED) is 0.737. The Morgan fingerprint density at radius 2 is 2.25 bits per heavy atom. The lowest BCUT2D eigenvalue weighted by atomic mass is 10.3. The van der Waals surface area contributed by atoms with Gasteiger partial charge in [-0.1, -0.05) is 0 Å². The van der Waals surface area contributed by atoms with E-state index in [0.717, 1.165) is 6.20 Å². The minimum atomic E-state index is -1.25. The van der Waals surface area contributed by atoms with Gasteiger partial charge in [0.05, 0.1) is 0 Å². The van der Waals surface area contributed by atoms with Crippen LogP contribution in [-0.2, 0) is 6.54 Å². The Hall–Kier alpha value is -1.47. The van der Waals surface area contributed by atoms with Crippen molar-refractivity contribution in [1.29, 1.82) is 0 Å². The number of aromatic amines is 1. The van der Waals surface area contributed by atoms with E-state index in [1.54, 1.807) is 0 Å². The minimum Gasteiger partial charge on any atom is -0.477 e. The highest BCUT2D eigenvalue weighted by Crippen LogP contribution is 1.92. The Morgan fingerprint density at radius 1 is 1.62 bits per heavy atom. The smallest absolute Gasteiger partial charge is 0.342 e. The zero-order valence-electron chi connectivity index (χ0n) is 9.06. The third kappa shape index (κ3) is 2.77. The summed E-state index contributed by atoms with van der Waals surface area (Å²) in [5.74, 6) is -1.25. The summed E-state index contributed by atoms with van der Waals surface area (Å²) in [4.78, 5) is 26.9. The standard InChI is InChI=1S/C9H13N3O3S/c1-11(2)3-4-12-7(13)6(8(14)15)5-10-9(12)16/h5H,3-4H2,1-2H3,(H,10,16)(H,14,15). The summed E-state index contributed by atoms with van der Waals surface area (Å²) >= 11 is 4.93. The minimum absolute atomic E-state index is 0.233. The molecule has 0 bridgehead atoms. The number of nitrogens with zero attached hydrogens (tertiary/aromatic N) is 2. The van der Waals surface area contributed by atoms with E-state index < -0.39 is 11.5 Å². The van der Waals surface area contributed by atoms with Crippen molar-refractivity contribution in [2.75, 3.05) is 20.6 Å². The molecule has 0 aromatic carbocycles. The molecule has 1 rings (SSSR count). The molecule has 0 aliphatic rings. The van der Waals surface area contributed by atoms with E-state index in [1.165, 1.54) is 4.57 Å². The second-order valence-electron chi connectivity index (χ2n) is 3.57. The summed E-state index contributed by atoms with van der Waals surface area (Å²) in [5, 5.41) is 8.78. The van der Waals surface area contributed by atoms with Crippen molar-refractivity contribution >= 4 is 18.2 Å². The van der Waals surface area contributed by atoms with Crippen molar-refractivity contribution in [2.45, 2.75) is 6.54 Å². The molecule has 2 N–H and O–H groups in total. The number of aromatic carboxylic acids is 1. The van der Waals surface area contributed by atoms with Crippen molar-refractivity contribution in [2.24, 2.45) is 0 Å². The van der Waals surface area contributed by atoms with E-state index in [-0.39, 0.29) is 10.3 Å². The lowest BCUT2D eigenvalue weighted by Crippen LogP contribution is -2.31. The third-order valence-electron chi connectivity index (χ3n) is 2.06. The maximum Gasteiger partial charge on any atom is 0.342 e. The zero-order chi connectivity index (χ0) is 12.3. The summed E-state index contributed by atoms with van der Waals surface area (Å²) in [7, 11) is 3.72. The fourth-order valence-electron chi connectivity index (χ4n) is 1.17. The number of aromatic nitrogens is 2. The number of carboxylic acids is 1. The molecule has 7 heteroatoms. The lowest BCUT2D eigenvalue weighted by molar-refractivity contribution is 0.0693. The van der Waals surface area contributed by atoms with Crippen LogP contribution in [0.25, 0.3) is 0 Å². The van der Waals surface area contributed by atoms with Gasteiger partial charge in [-0.15, -0.1) is 0 Å². The summed E-state index contributed by atoms with van der Waals surface area (Å²) in [5.41, 5.74) is -0.870. The molecule has 6 nitrogen and oxygen atoms in total. The topological polar surface area (TPSA) is 78.3 Å². The van der Waals surface area contributed by atoms with Crippen LogP contribution >= 0.6 is 12.2 Å². The molecule has 1 aromatic heterocycles. The van der Waals surface area contributed by atoms with Crippen LogP contribution in [-0.4, -0.2) is 46.2 Å². The first kappa shape index (κ1) is 12.6. The number of likely N-dealkylation sites (N-methyl/N-ethyl adjacent to an activating group) is 1. The van der Waals surface area contributed by atoms with E-state index in [4.69, 9.17) is 17.3 Å². The Bertz CT molecular complexity index is 503. The highest BCUT2D eigenvalue weighted by atomic mass is 32.1. The van der Waals surface area contributed by atoms with Gasteiger partial charge < -0.3 is 15.0 Å². The van der Waals surface area contributed by atoms with Crippen LogP contribution in [0, 0.1) is 4.77 Å². The number of H-pyrrole nitrogens is 1. The predicted molar refractivity (Wildman–Crippen MR) is 61.4 cm³/mol. The number of hydrogen-bond acceptors (Lipinski definition) is 4. The monoisotopic (exact) mass is 243 g/mol. The van der Waals surface area contributed by atoms with Gasteiger partial charge in [-0.3, -0.25) is 9.36 Å². The molecule has 0 fully saturated rings. The molecule has 0 aliphatic heterocycles. The second-order valence-corrected chi connectivity index (χ2v) is 3.96. The molecule has 88 valence electrons. The third-order valence-corrected chi connectivity index (χ3v) is 2.40. The van der Waals surface area contributed by atoms with Crippen LogP contribution in [0.5, 0.6) is 0 Å². The normalized spacial score (nSPS) is 10.7. The molecule has 0 spiro atoms. The fourth-order valence-corrected chi connectivity index (χ4v) is 1.40. The Balaban J connectivity index is 3.17. The number of carbonyl (C=O) groups is 1. The first-order valence-corrected chi connectivity index (χ1v) is 5.05. The maximum atomic E-state index is 11.7. The summed E-state index contributed by atoms with van der Waals surface area (Å²) in [6, 6.07) is 0. The van der Waals surface area contributed by atoms with Crippen molar-refractivity contribution < 1.29 is 9.90 Å². The van der Waals surface area contributed by atoms with Crippen molar-refractivity contribution in [3.63, 3.8) is 0 Å². The van der Waals surface area contributed by atoms with E-state index in [2.05, 4.69) is 4.98 Å². The van der Waals surface area contributed by atoms with E-state index >= 15 is 0 Å². The molecule has 1 aromatic rings. The Morgan fingerprint density at radius 3 is 2.75 bits per heavy atom. The Labute approximate surface area is 97.1 Å². The lowest BCUT2D eigenvalue weighted by Gasteiger charge is -2.11. The fraction of sp³-hybridized carbons (Fsp3) is 0.444. The van der Waals surface area contributed by atoms with Crippen LogP contribution in [0.4, 0.5) is 0 Å². The summed E-state index contributed by atoms with van der Waals surface area (Å²) in [6.07, 6.45) is 1.12. The number of rotatable bonds is 4. The molecule has 0 saturated carbocycles. The maximum absolute atomic E-state index is 11.7. The van der Waals surface area contributed by atoms with Crippen molar-refractivity contribution in [3.8, 4) is 0 Å². The molecule has 0 aliphatic carbocycles. The van der Waals surface area contributed by atoms with Crippen LogP contribution in [0.15, 0.2) is 11.0 Å². The predicted octanol–water partition coefficient (Wildman–Crippen LogP) is 0.166. The van der Waals surface area contributed by atoms with Gasteiger partial charge in [0.25, 0.3) is 5.56 Å². The average molecular weight is 243 g/mol. The number of carboxylic acid groups (broad SMARTS) is 1. The molecular formula is C9H13N3O3S. The van der Waals surface area contributed by atoms with Gasteiger partial charge in [-0.05, 0) is 26.3 Å². The van der Waals surface area contributed by atoms with E-state index in [9.17, 15) is 9.59 Å². The van der Waals surface area contributed by atoms with Gasteiger partial charge >= 0.3 is 5.97 Å². The van der Waals surface area contributed by atoms with Crippen LogP contribution in [0.1, 0.15) is 10.4 Å². The zero-order valence-corrected chi connectivity index (χ0v) is 9.87. The SMILES string of the molecule is CN(C)CCn1c(=S)[nH]cc(C(=O)O)c1=O. The van der Waals surface area contributed by atoms with Crippen LogP contribution < -0.4 is 5.56 Å². The second kappa shape index (κ2) is 5.04. The van der Waals surface area contributed by atoms with Gasteiger partial charge in [-0.2, -0.15) is 0 Å². The van der Waals surface area contributed by atoms with Gasteiger partial charge in [0.1, 0.15) is 5.56 Å². The van der Waals surface area contributed by atoms with E-state index in [1.807, 2.05) is 19.0 Å². The first-order chi connectivity index (χ1) is 7.43. The summed E-state index contributed by atoms with van der Waals surface area (Å²) < 4.78 is 1.48. The van der Waals surface area contributed by atoms with Crippen molar-refractivity contribution in [3.05, 3.63) is 26.9 Å². The molecule has 0 radical (unpaired) electrons. The van der Waals surface area contributed by atoms with E-state index in [0.29, 0.717) is 13.1 Å². The highest BCUT2D eigenvalue weighted by Gasteiger charge is 2.11. The van der Waals surface area contributed by atoms with Gasteiger partial charge in [0.2, 0.25) is 0 Å². The summed E-state index contributed by atoms with van der Waals surface area (Å²) in [6.45, 7) is 0.975. The first-order valence-electron chi connectivity index (χ1n) is 4.64. The van der Waals surface area contributed by atoms with Crippen molar-refractivity contribution in [1.82, 2.24) is 14.5 Å². The molecule has 16 heavy (non-hydrogen) atoms. The molecular weight excluding hydrogens is 230 g/mol. The van der Waals surface area contributed by atoms with Crippen LogP contribution in [0.3, 0.4) is 0 Å². The van der Waals surface area contributed by atoms with Gasteiger partial charge in [0.15, 0.2) is 4.77 Å². The molecule has 0 amide bonds. The largest absolute Gasteiger partial charge is 0.477 e. The number of hydrogen-bond donors (Lipinski definition) is 2. The molecule has 0 saturated heterocycles. The Kier molecular flexibility index (Phi) is 3.97. The molecule has 1 heterocycles. The van der Waals surface area contributed by atoms with Crippen LogP contribution in [0.2, 0.25) is 0 Å².